The van der Waals surface area contributed by atoms with Crippen molar-refractivity contribution in [2.45, 2.75) is 19.0 Å². The molecule has 0 radical (unpaired) electrons. The molecule has 0 fully saturated rings. The lowest BCUT2D eigenvalue weighted by Gasteiger charge is -2.11. The van der Waals surface area contributed by atoms with E-state index in [1.54, 1.807) is 0 Å². The lowest BCUT2D eigenvalue weighted by atomic mass is 10.0. The van der Waals surface area contributed by atoms with E-state index < -0.39 is 23.5 Å². The molecular weight excluding hydrogens is 225 g/mol. The fourth-order valence-electron chi connectivity index (χ4n) is 1.26. The summed E-state index contributed by atoms with van der Waals surface area (Å²) < 4.78 is 37.1. The number of halogens is 3. The van der Waals surface area contributed by atoms with Gasteiger partial charge in [-0.25, -0.2) is 0 Å². The number of phenolic OH excluding ortho intramolecular Hbond substituents is 1. The first-order valence-corrected chi connectivity index (χ1v) is 4.42. The van der Waals surface area contributed by atoms with Gasteiger partial charge in [0.05, 0.1) is 5.56 Å². The molecular formula is C10H9F3O3. The fourth-order valence-corrected chi connectivity index (χ4v) is 1.26. The van der Waals surface area contributed by atoms with E-state index in [-0.39, 0.29) is 18.4 Å². The van der Waals surface area contributed by atoms with E-state index >= 15 is 0 Å². The Labute approximate surface area is 89.1 Å². The maximum absolute atomic E-state index is 12.4. The second-order valence-electron chi connectivity index (χ2n) is 3.20. The van der Waals surface area contributed by atoms with Gasteiger partial charge in [0.15, 0.2) is 0 Å². The van der Waals surface area contributed by atoms with Gasteiger partial charge >= 0.3 is 12.1 Å². The molecule has 0 aromatic heterocycles. The highest BCUT2D eigenvalue weighted by atomic mass is 19.4. The Hall–Kier alpha value is -1.72. The lowest BCUT2D eigenvalue weighted by Crippen LogP contribution is -2.07. The van der Waals surface area contributed by atoms with E-state index in [0.717, 1.165) is 12.1 Å². The van der Waals surface area contributed by atoms with Crippen molar-refractivity contribution in [2.75, 3.05) is 0 Å². The number of hydrogen-bond donors (Lipinski definition) is 2. The molecule has 1 rings (SSSR count). The predicted octanol–water partition coefficient (Wildman–Crippen LogP) is 2.43. The van der Waals surface area contributed by atoms with Gasteiger partial charge in [-0.15, -0.1) is 0 Å². The smallest absolute Gasteiger partial charge is 0.419 e. The van der Waals surface area contributed by atoms with Crippen molar-refractivity contribution in [1.29, 1.82) is 0 Å². The van der Waals surface area contributed by atoms with Crippen LogP contribution in [-0.4, -0.2) is 16.2 Å². The molecule has 0 saturated heterocycles. The van der Waals surface area contributed by atoms with E-state index in [1.165, 1.54) is 6.07 Å². The number of aryl methyl sites for hydroxylation is 1. The minimum absolute atomic E-state index is 0.0165. The Morgan fingerprint density at radius 2 is 1.94 bits per heavy atom. The van der Waals surface area contributed by atoms with Crippen LogP contribution in [0.5, 0.6) is 5.75 Å². The molecule has 0 saturated carbocycles. The van der Waals surface area contributed by atoms with Gasteiger partial charge in [-0.1, -0.05) is 12.1 Å². The van der Waals surface area contributed by atoms with E-state index in [4.69, 9.17) is 5.11 Å². The van der Waals surface area contributed by atoms with Crippen LogP contribution in [0.25, 0.3) is 0 Å². The zero-order valence-corrected chi connectivity index (χ0v) is 8.08. The molecule has 3 nitrogen and oxygen atoms in total. The normalized spacial score (nSPS) is 11.4. The van der Waals surface area contributed by atoms with Crippen LogP contribution >= 0.6 is 0 Å². The molecule has 0 aliphatic carbocycles. The van der Waals surface area contributed by atoms with E-state index in [1.807, 2.05) is 0 Å². The van der Waals surface area contributed by atoms with Crippen LogP contribution in [0.4, 0.5) is 13.2 Å². The third-order valence-corrected chi connectivity index (χ3v) is 2.03. The minimum Gasteiger partial charge on any atom is -0.507 e. The zero-order chi connectivity index (χ0) is 12.3. The Kier molecular flexibility index (Phi) is 3.41. The molecule has 0 amide bonds. The number of carbonyl (C=O) groups is 1. The Morgan fingerprint density at radius 1 is 1.31 bits per heavy atom. The first-order chi connectivity index (χ1) is 7.32. The summed E-state index contributed by atoms with van der Waals surface area (Å²) in [5, 5.41) is 17.7. The predicted molar refractivity (Wildman–Crippen MR) is 49.1 cm³/mol. The number of carboxylic acid groups (broad SMARTS) is 1. The summed E-state index contributed by atoms with van der Waals surface area (Å²) >= 11 is 0. The third kappa shape index (κ3) is 2.88. The minimum atomic E-state index is -4.64. The van der Waals surface area contributed by atoms with E-state index in [0.29, 0.717) is 0 Å². The van der Waals surface area contributed by atoms with E-state index in [2.05, 4.69) is 0 Å². The summed E-state index contributed by atoms with van der Waals surface area (Å²) in [5.41, 5.74) is -1.16. The molecule has 0 atom stereocenters. The first-order valence-electron chi connectivity index (χ1n) is 4.42. The Balaban J connectivity index is 3.00. The van der Waals surface area contributed by atoms with Crippen LogP contribution in [0.2, 0.25) is 0 Å². The second kappa shape index (κ2) is 4.42. The summed E-state index contributed by atoms with van der Waals surface area (Å²) in [6, 6.07) is 3.16. The molecule has 0 unspecified atom stereocenters. The summed E-state index contributed by atoms with van der Waals surface area (Å²) in [7, 11) is 0. The quantitative estimate of drug-likeness (QED) is 0.844. The molecule has 0 aliphatic rings. The van der Waals surface area contributed by atoms with Crippen molar-refractivity contribution in [3.63, 3.8) is 0 Å². The monoisotopic (exact) mass is 234 g/mol. The summed E-state index contributed by atoms with van der Waals surface area (Å²) in [5.74, 6) is -2.02. The van der Waals surface area contributed by atoms with Crippen molar-refractivity contribution in [3.8, 4) is 5.75 Å². The number of carboxylic acids is 1. The topological polar surface area (TPSA) is 57.5 Å². The highest BCUT2D eigenvalue weighted by Crippen LogP contribution is 2.37. The second-order valence-corrected chi connectivity index (χ2v) is 3.20. The highest BCUT2D eigenvalue weighted by Gasteiger charge is 2.34. The molecule has 0 spiro atoms. The fraction of sp³-hybridized carbons (Fsp3) is 0.300. The van der Waals surface area contributed by atoms with Crippen LogP contribution in [0.15, 0.2) is 18.2 Å². The molecule has 1 aromatic carbocycles. The standard InChI is InChI=1S/C10H9F3O3/c11-10(12,13)7-3-1-2-6(9(7)16)4-5-8(14)15/h1-3,16H,4-5H2,(H,14,15). The highest BCUT2D eigenvalue weighted by molar-refractivity contribution is 5.67. The molecule has 0 bridgehead atoms. The van der Waals surface area contributed by atoms with Crippen molar-refractivity contribution in [3.05, 3.63) is 29.3 Å². The number of para-hydroxylation sites is 1. The average molecular weight is 234 g/mol. The summed E-state index contributed by atoms with van der Waals surface area (Å²) in [6.45, 7) is 0. The van der Waals surface area contributed by atoms with Gasteiger partial charge < -0.3 is 10.2 Å². The molecule has 0 aliphatic heterocycles. The summed E-state index contributed by atoms with van der Waals surface area (Å²) in [4.78, 5) is 10.3. The van der Waals surface area contributed by atoms with Gasteiger partial charge in [-0.3, -0.25) is 4.79 Å². The first kappa shape index (κ1) is 12.4. The van der Waals surface area contributed by atoms with Gasteiger partial charge in [0.2, 0.25) is 0 Å². The van der Waals surface area contributed by atoms with Crippen molar-refractivity contribution in [2.24, 2.45) is 0 Å². The molecule has 6 heteroatoms. The van der Waals surface area contributed by atoms with Crippen LogP contribution < -0.4 is 0 Å². The van der Waals surface area contributed by atoms with Gasteiger partial charge in [-0.05, 0) is 18.1 Å². The van der Waals surface area contributed by atoms with Crippen LogP contribution in [0.1, 0.15) is 17.5 Å². The summed E-state index contributed by atoms with van der Waals surface area (Å²) in [6.07, 6.45) is -5.09. The number of rotatable bonds is 3. The molecule has 1 aromatic rings. The third-order valence-electron chi connectivity index (χ3n) is 2.03. The number of phenols is 1. The number of alkyl halides is 3. The largest absolute Gasteiger partial charge is 0.507 e. The maximum Gasteiger partial charge on any atom is 0.419 e. The zero-order valence-electron chi connectivity index (χ0n) is 8.08. The number of hydrogen-bond acceptors (Lipinski definition) is 2. The van der Waals surface area contributed by atoms with Gasteiger partial charge in [0.25, 0.3) is 0 Å². The maximum atomic E-state index is 12.4. The molecule has 0 heterocycles. The van der Waals surface area contributed by atoms with Gasteiger partial charge in [-0.2, -0.15) is 13.2 Å². The van der Waals surface area contributed by atoms with Crippen molar-refractivity contribution >= 4 is 5.97 Å². The van der Waals surface area contributed by atoms with Crippen LogP contribution in [0, 0.1) is 0 Å². The molecule has 16 heavy (non-hydrogen) atoms. The van der Waals surface area contributed by atoms with Gasteiger partial charge in [0, 0.05) is 6.42 Å². The van der Waals surface area contributed by atoms with Crippen LogP contribution in [-0.2, 0) is 17.4 Å². The average Bonchev–Trinajstić information content (AvgIpc) is 2.14. The number of benzene rings is 1. The number of aromatic hydroxyl groups is 1. The Bertz CT molecular complexity index is 399. The van der Waals surface area contributed by atoms with Gasteiger partial charge in [0.1, 0.15) is 5.75 Å². The van der Waals surface area contributed by atoms with E-state index in [9.17, 15) is 23.1 Å². The Morgan fingerprint density at radius 3 is 2.44 bits per heavy atom. The number of aliphatic carboxylic acids is 1. The van der Waals surface area contributed by atoms with Crippen molar-refractivity contribution < 1.29 is 28.2 Å². The SMILES string of the molecule is O=C(O)CCc1cccc(C(F)(F)F)c1O. The van der Waals surface area contributed by atoms with Crippen molar-refractivity contribution in [1.82, 2.24) is 0 Å². The lowest BCUT2D eigenvalue weighted by molar-refractivity contribution is -0.138. The van der Waals surface area contributed by atoms with Crippen LogP contribution in [0.3, 0.4) is 0 Å². The molecule has 2 N–H and O–H groups in total. The molecule has 88 valence electrons.